The van der Waals surface area contributed by atoms with Crippen molar-refractivity contribution in [2.24, 2.45) is 17.8 Å². The zero-order valence-electron chi connectivity index (χ0n) is 22.1. The molecule has 2 saturated heterocycles. The molecule has 0 bridgehead atoms. The predicted molar refractivity (Wildman–Crippen MR) is 142 cm³/mol. The van der Waals surface area contributed by atoms with E-state index in [-0.39, 0.29) is 11.2 Å². The maximum absolute atomic E-state index is 11.8. The molecule has 4 rings (SSSR count). The first-order valence-electron chi connectivity index (χ1n) is 13.4. The highest BCUT2D eigenvalue weighted by molar-refractivity contribution is 8.00. The number of aldehydes is 1. The number of hydrogen-bond acceptors (Lipinski definition) is 5. The number of fused-ring (bicyclic) bond motifs is 2. The van der Waals surface area contributed by atoms with E-state index in [1.165, 1.54) is 55.2 Å². The van der Waals surface area contributed by atoms with Crippen molar-refractivity contribution in [2.75, 3.05) is 25.4 Å². The quantitative estimate of drug-likeness (QED) is 0.321. The van der Waals surface area contributed by atoms with Gasteiger partial charge in [-0.15, -0.1) is 0 Å². The lowest BCUT2D eigenvalue weighted by Crippen LogP contribution is -2.45. The van der Waals surface area contributed by atoms with Crippen LogP contribution in [-0.4, -0.2) is 69.9 Å². The molecule has 34 heavy (non-hydrogen) atoms. The Balaban J connectivity index is 0.000000264. The molecule has 4 aliphatic rings. The fourth-order valence-corrected chi connectivity index (χ4v) is 6.63. The van der Waals surface area contributed by atoms with E-state index >= 15 is 0 Å². The molecule has 2 amide bonds. The summed E-state index contributed by atoms with van der Waals surface area (Å²) in [5.74, 6) is 2.00. The average molecular weight is 497 g/mol. The summed E-state index contributed by atoms with van der Waals surface area (Å²) in [5, 5.41) is 10.1. The van der Waals surface area contributed by atoms with Crippen LogP contribution in [0.5, 0.6) is 0 Å². The van der Waals surface area contributed by atoms with Gasteiger partial charge in [0.05, 0.1) is 5.25 Å². The molecule has 196 valence electrons. The zero-order chi connectivity index (χ0) is 25.6. The Kier molecular flexibility index (Phi) is 14.8. The maximum Gasteiger partial charge on any atom is 0.236 e. The Morgan fingerprint density at radius 3 is 2.32 bits per heavy atom. The Labute approximate surface area is 211 Å². The summed E-state index contributed by atoms with van der Waals surface area (Å²) < 4.78 is 0. The maximum atomic E-state index is 11.8. The topological polar surface area (TPSA) is 77.9 Å². The molecule has 0 aromatic carbocycles. The first-order chi connectivity index (χ1) is 16.5. The summed E-state index contributed by atoms with van der Waals surface area (Å²) >= 11 is 1.51. The van der Waals surface area contributed by atoms with Gasteiger partial charge in [0.2, 0.25) is 12.3 Å². The highest BCUT2D eigenvalue weighted by atomic mass is 32.2. The van der Waals surface area contributed by atoms with Crippen LogP contribution in [0, 0.1) is 17.8 Å². The molecule has 1 N–H and O–H groups in total. The van der Waals surface area contributed by atoms with Gasteiger partial charge in [-0.1, -0.05) is 45.8 Å². The van der Waals surface area contributed by atoms with E-state index in [0.29, 0.717) is 19.3 Å². The third kappa shape index (κ3) is 7.84. The standard InChI is InChI=1S/C10H15NO3S.C10H16.C5H11NO.C2H6/c1-2-15-8-7(6-12)9(13)11-5-3-4-10(8,11)14;1-2-6-10-8-4-3-7-9(10)5-1;1-3-6(4-2)5-7;1-2/h6-8,14H,2-5H2,1H3;1,5,9-10H,2-4,6-8H2;5H,3-4H2,1-2H3;1-2H3/t7?,8-,10?;9-,10?;;/m10../s1. The van der Waals surface area contributed by atoms with E-state index in [9.17, 15) is 19.5 Å². The lowest BCUT2D eigenvalue weighted by atomic mass is 9.74. The number of thioether (sulfide) groups is 1. The zero-order valence-corrected chi connectivity index (χ0v) is 22.9. The largest absolute Gasteiger partial charge is 0.370 e. The molecule has 2 aliphatic heterocycles. The number of aliphatic hydroxyl groups is 1. The van der Waals surface area contributed by atoms with E-state index < -0.39 is 11.6 Å². The second-order valence-electron chi connectivity index (χ2n) is 9.05. The van der Waals surface area contributed by atoms with Crippen molar-refractivity contribution in [1.29, 1.82) is 0 Å². The SMILES string of the molecule is C1=C[C@H]2CCCCC2CC1.CC.CCN(C=O)CC.CCS[C@@H]1C(C=O)C(=O)N2CCCC12O. The summed E-state index contributed by atoms with van der Waals surface area (Å²) in [7, 11) is 0. The second-order valence-corrected chi connectivity index (χ2v) is 10.5. The molecule has 3 unspecified atom stereocenters. The average Bonchev–Trinajstić information content (AvgIpc) is 3.37. The molecule has 0 aromatic heterocycles. The Morgan fingerprint density at radius 2 is 1.79 bits per heavy atom. The van der Waals surface area contributed by atoms with Gasteiger partial charge in [0.25, 0.3) is 0 Å². The van der Waals surface area contributed by atoms with Crippen LogP contribution >= 0.6 is 11.8 Å². The highest BCUT2D eigenvalue weighted by Gasteiger charge is 2.59. The molecule has 0 radical (unpaired) electrons. The van der Waals surface area contributed by atoms with E-state index in [1.54, 1.807) is 4.90 Å². The van der Waals surface area contributed by atoms with Gasteiger partial charge >= 0.3 is 0 Å². The number of carbonyl (C=O) groups is 3. The predicted octanol–water partition coefficient (Wildman–Crippen LogP) is 4.90. The van der Waals surface area contributed by atoms with Crippen LogP contribution in [0.25, 0.3) is 0 Å². The van der Waals surface area contributed by atoms with Crippen molar-refractivity contribution in [1.82, 2.24) is 9.80 Å². The minimum atomic E-state index is -1.07. The summed E-state index contributed by atoms with van der Waals surface area (Å²) in [4.78, 5) is 35.8. The molecular weight excluding hydrogens is 448 g/mol. The molecule has 0 aromatic rings. The molecule has 2 aliphatic carbocycles. The number of carbonyl (C=O) groups excluding carboxylic acids is 3. The number of hydrogen-bond donors (Lipinski definition) is 1. The number of nitrogens with zero attached hydrogens (tertiary/aromatic N) is 2. The van der Waals surface area contributed by atoms with Crippen molar-refractivity contribution >= 4 is 30.4 Å². The van der Waals surface area contributed by atoms with Crippen molar-refractivity contribution in [3.63, 3.8) is 0 Å². The molecule has 6 nitrogen and oxygen atoms in total. The molecule has 2 heterocycles. The van der Waals surface area contributed by atoms with Crippen molar-refractivity contribution in [2.45, 2.75) is 97.0 Å². The van der Waals surface area contributed by atoms with Gasteiger partial charge in [-0.25, -0.2) is 0 Å². The van der Waals surface area contributed by atoms with E-state index in [0.717, 1.165) is 43.5 Å². The van der Waals surface area contributed by atoms with Gasteiger partial charge in [0.1, 0.15) is 12.2 Å². The van der Waals surface area contributed by atoms with Crippen LogP contribution in [-0.2, 0) is 14.4 Å². The smallest absolute Gasteiger partial charge is 0.236 e. The van der Waals surface area contributed by atoms with Gasteiger partial charge in [-0.3, -0.25) is 9.59 Å². The van der Waals surface area contributed by atoms with Gasteiger partial charge < -0.3 is 19.7 Å². The van der Waals surface area contributed by atoms with Crippen LogP contribution in [0.2, 0.25) is 0 Å². The van der Waals surface area contributed by atoms with E-state index in [2.05, 4.69) is 12.2 Å². The fraction of sp³-hybridized carbons (Fsp3) is 0.815. The lowest BCUT2D eigenvalue weighted by Gasteiger charge is -2.31. The molecule has 1 saturated carbocycles. The first-order valence-corrected chi connectivity index (χ1v) is 14.5. The van der Waals surface area contributed by atoms with Gasteiger partial charge in [-0.05, 0) is 70.0 Å². The second kappa shape index (κ2) is 16.4. The third-order valence-corrected chi connectivity index (χ3v) is 8.60. The van der Waals surface area contributed by atoms with E-state index in [4.69, 9.17) is 0 Å². The van der Waals surface area contributed by atoms with Crippen LogP contribution in [0.1, 0.15) is 86.0 Å². The number of amides is 2. The minimum absolute atomic E-state index is 0.198. The summed E-state index contributed by atoms with van der Waals surface area (Å²) in [6.45, 7) is 12.1. The molecule has 3 fully saturated rings. The first kappa shape index (κ1) is 30.7. The minimum Gasteiger partial charge on any atom is -0.370 e. The monoisotopic (exact) mass is 496 g/mol. The van der Waals surface area contributed by atoms with Gasteiger partial charge in [0, 0.05) is 19.6 Å². The third-order valence-electron chi connectivity index (χ3n) is 7.24. The van der Waals surface area contributed by atoms with Gasteiger partial charge in [0.15, 0.2) is 5.72 Å². The number of allylic oxidation sites excluding steroid dienone is 2. The molecular formula is C27H48N2O4S. The van der Waals surface area contributed by atoms with Crippen molar-refractivity contribution in [3.8, 4) is 0 Å². The van der Waals surface area contributed by atoms with Crippen LogP contribution in [0.15, 0.2) is 12.2 Å². The number of rotatable bonds is 6. The van der Waals surface area contributed by atoms with Crippen LogP contribution < -0.4 is 0 Å². The Bertz CT molecular complexity index is 640. The van der Waals surface area contributed by atoms with Crippen molar-refractivity contribution < 1.29 is 19.5 Å². The highest BCUT2D eigenvalue weighted by Crippen LogP contribution is 2.45. The summed E-state index contributed by atoms with van der Waals surface area (Å²) in [6, 6.07) is 0. The summed E-state index contributed by atoms with van der Waals surface area (Å²) in [5.41, 5.74) is -1.07. The van der Waals surface area contributed by atoms with Crippen LogP contribution in [0.3, 0.4) is 0 Å². The van der Waals surface area contributed by atoms with Crippen molar-refractivity contribution in [3.05, 3.63) is 12.2 Å². The Morgan fingerprint density at radius 1 is 1.12 bits per heavy atom. The molecule has 0 spiro atoms. The normalized spacial score (nSPS) is 30.9. The van der Waals surface area contributed by atoms with Gasteiger partial charge in [-0.2, -0.15) is 11.8 Å². The van der Waals surface area contributed by atoms with Crippen LogP contribution in [0.4, 0.5) is 0 Å². The molecule has 7 heteroatoms. The lowest BCUT2D eigenvalue weighted by molar-refractivity contribution is -0.140. The summed E-state index contributed by atoms with van der Waals surface area (Å²) in [6.07, 6.45) is 16.6. The fourth-order valence-electron chi connectivity index (χ4n) is 5.37. The molecule has 5 atom stereocenters. The van der Waals surface area contributed by atoms with E-state index in [1.807, 2.05) is 34.6 Å². The Hall–Kier alpha value is -1.34.